The zero-order valence-electron chi connectivity index (χ0n) is 18.8. The highest BCUT2D eigenvalue weighted by molar-refractivity contribution is 5.90. The fourth-order valence-electron chi connectivity index (χ4n) is 4.24. The third kappa shape index (κ3) is 3.55. The van der Waals surface area contributed by atoms with Crippen molar-refractivity contribution in [3.8, 4) is 17.3 Å². The van der Waals surface area contributed by atoms with Crippen molar-refractivity contribution in [3.05, 3.63) is 99.5 Å². The van der Waals surface area contributed by atoms with Gasteiger partial charge in [-0.05, 0) is 48.4 Å². The summed E-state index contributed by atoms with van der Waals surface area (Å²) < 4.78 is 22.7. The molecule has 2 aromatic carbocycles. The summed E-state index contributed by atoms with van der Waals surface area (Å²) in [4.78, 5) is 13.4. The quantitative estimate of drug-likeness (QED) is 0.380. The summed E-state index contributed by atoms with van der Waals surface area (Å²) in [5, 5.41) is 9.00. The van der Waals surface area contributed by atoms with E-state index >= 15 is 0 Å². The highest BCUT2D eigenvalue weighted by atomic mass is 19.1. The Morgan fingerprint density at radius 1 is 1.00 bits per heavy atom. The SMILES string of the molecule is Cc1ccc(-n2c(-c3nnc(C)o3)cc3c(C(C)c4ccc(F)cc4)cn(C)c(=O)c32)cc1. The van der Waals surface area contributed by atoms with E-state index in [1.54, 1.807) is 30.7 Å². The maximum Gasteiger partial charge on any atom is 0.275 e. The van der Waals surface area contributed by atoms with E-state index in [-0.39, 0.29) is 17.3 Å². The molecular formula is C26H23FN4O2. The lowest BCUT2D eigenvalue weighted by molar-refractivity contribution is 0.530. The highest BCUT2D eigenvalue weighted by Crippen LogP contribution is 2.35. The molecule has 3 aromatic heterocycles. The Kier molecular flexibility index (Phi) is 4.96. The molecule has 1 unspecified atom stereocenters. The van der Waals surface area contributed by atoms with Crippen LogP contribution in [0, 0.1) is 19.7 Å². The third-order valence-electron chi connectivity index (χ3n) is 6.04. The number of nitrogens with zero attached hydrogens (tertiary/aromatic N) is 4. The lowest BCUT2D eigenvalue weighted by Crippen LogP contribution is -2.20. The van der Waals surface area contributed by atoms with Crippen molar-refractivity contribution in [3.63, 3.8) is 0 Å². The molecule has 0 N–H and O–H groups in total. The Morgan fingerprint density at radius 2 is 1.70 bits per heavy atom. The van der Waals surface area contributed by atoms with Crippen LogP contribution in [0.25, 0.3) is 28.2 Å². The molecule has 0 aliphatic rings. The Balaban J connectivity index is 1.85. The van der Waals surface area contributed by atoms with E-state index in [0.717, 1.165) is 27.8 Å². The molecule has 1 atom stereocenters. The first kappa shape index (κ1) is 20.9. The summed E-state index contributed by atoms with van der Waals surface area (Å²) in [6.45, 7) is 5.80. The molecule has 7 heteroatoms. The number of hydrogen-bond donors (Lipinski definition) is 0. The zero-order valence-corrected chi connectivity index (χ0v) is 18.8. The van der Waals surface area contributed by atoms with Crippen molar-refractivity contribution >= 4 is 10.9 Å². The lowest BCUT2D eigenvalue weighted by atomic mass is 9.92. The van der Waals surface area contributed by atoms with E-state index < -0.39 is 0 Å². The molecule has 0 aliphatic heterocycles. The highest BCUT2D eigenvalue weighted by Gasteiger charge is 2.24. The van der Waals surface area contributed by atoms with Gasteiger partial charge in [0.15, 0.2) is 0 Å². The molecule has 6 nitrogen and oxygen atoms in total. The lowest BCUT2D eigenvalue weighted by Gasteiger charge is -2.16. The normalized spacial score (nSPS) is 12.4. The molecular weight excluding hydrogens is 419 g/mol. The number of benzene rings is 2. The summed E-state index contributed by atoms with van der Waals surface area (Å²) in [6, 6.07) is 16.3. The Morgan fingerprint density at radius 3 is 2.33 bits per heavy atom. The van der Waals surface area contributed by atoms with Crippen molar-refractivity contribution in [2.24, 2.45) is 7.05 Å². The molecule has 5 rings (SSSR count). The topological polar surface area (TPSA) is 65.8 Å². The van der Waals surface area contributed by atoms with E-state index in [0.29, 0.717) is 23.0 Å². The van der Waals surface area contributed by atoms with Crippen LogP contribution in [-0.2, 0) is 7.05 Å². The summed E-state index contributed by atoms with van der Waals surface area (Å²) in [7, 11) is 1.74. The first-order valence-corrected chi connectivity index (χ1v) is 10.7. The molecule has 0 spiro atoms. The number of aryl methyl sites for hydroxylation is 3. The number of aromatic nitrogens is 4. The van der Waals surface area contributed by atoms with Crippen LogP contribution >= 0.6 is 0 Å². The smallest absolute Gasteiger partial charge is 0.275 e. The van der Waals surface area contributed by atoms with Crippen LogP contribution in [-0.4, -0.2) is 19.3 Å². The average molecular weight is 442 g/mol. The van der Waals surface area contributed by atoms with E-state index in [2.05, 4.69) is 10.2 Å². The molecule has 33 heavy (non-hydrogen) atoms. The number of halogens is 1. The van der Waals surface area contributed by atoms with Gasteiger partial charge in [0, 0.05) is 37.2 Å². The average Bonchev–Trinajstić information content (AvgIpc) is 3.41. The summed E-state index contributed by atoms with van der Waals surface area (Å²) >= 11 is 0. The van der Waals surface area contributed by atoms with E-state index in [4.69, 9.17) is 4.42 Å². The minimum Gasteiger partial charge on any atom is -0.420 e. The van der Waals surface area contributed by atoms with Crippen LogP contribution in [0.3, 0.4) is 0 Å². The molecule has 3 heterocycles. The van der Waals surface area contributed by atoms with Crippen molar-refractivity contribution in [1.82, 2.24) is 19.3 Å². The number of rotatable bonds is 4. The fourth-order valence-corrected chi connectivity index (χ4v) is 4.24. The predicted octanol–water partition coefficient (Wildman–Crippen LogP) is 5.29. The largest absolute Gasteiger partial charge is 0.420 e. The Hall–Kier alpha value is -4.00. The fraction of sp³-hybridized carbons (Fsp3) is 0.192. The van der Waals surface area contributed by atoms with Crippen molar-refractivity contribution < 1.29 is 8.81 Å². The third-order valence-corrected chi connectivity index (χ3v) is 6.04. The van der Waals surface area contributed by atoms with Gasteiger partial charge in [0.1, 0.15) is 17.0 Å². The number of pyridine rings is 1. The van der Waals surface area contributed by atoms with Crippen LogP contribution in [0.5, 0.6) is 0 Å². The second-order valence-corrected chi connectivity index (χ2v) is 8.36. The van der Waals surface area contributed by atoms with Gasteiger partial charge in [-0.15, -0.1) is 10.2 Å². The van der Waals surface area contributed by atoms with Crippen LogP contribution in [0.15, 0.2) is 70.0 Å². The van der Waals surface area contributed by atoms with Crippen molar-refractivity contribution in [2.75, 3.05) is 0 Å². The van der Waals surface area contributed by atoms with Gasteiger partial charge < -0.3 is 13.6 Å². The van der Waals surface area contributed by atoms with Gasteiger partial charge in [-0.1, -0.05) is 36.8 Å². The van der Waals surface area contributed by atoms with Crippen LogP contribution in [0.1, 0.15) is 35.4 Å². The van der Waals surface area contributed by atoms with Gasteiger partial charge in [0.05, 0.1) is 0 Å². The maximum absolute atomic E-state index is 13.5. The summed E-state index contributed by atoms with van der Waals surface area (Å²) in [6.07, 6.45) is 1.85. The first-order valence-electron chi connectivity index (χ1n) is 10.7. The first-order chi connectivity index (χ1) is 15.8. The van der Waals surface area contributed by atoms with Crippen molar-refractivity contribution in [1.29, 1.82) is 0 Å². The predicted molar refractivity (Wildman–Crippen MR) is 125 cm³/mol. The number of fused-ring (bicyclic) bond motifs is 1. The molecule has 0 aliphatic carbocycles. The van der Waals surface area contributed by atoms with E-state index in [9.17, 15) is 9.18 Å². The standard InChI is InChI=1S/C26H23FN4O2/c1-15-5-11-20(12-6-15)31-23(25-29-28-17(3)33-25)13-21-22(14-30(4)26(32)24(21)31)16(2)18-7-9-19(27)10-8-18/h5-14,16H,1-4H3. The minimum atomic E-state index is -0.281. The minimum absolute atomic E-state index is 0.0777. The van der Waals surface area contributed by atoms with Crippen molar-refractivity contribution in [2.45, 2.75) is 26.7 Å². The molecule has 0 amide bonds. The van der Waals surface area contributed by atoms with E-state index in [1.807, 2.05) is 54.9 Å². The Bertz CT molecular complexity index is 1530. The second-order valence-electron chi connectivity index (χ2n) is 8.36. The summed E-state index contributed by atoms with van der Waals surface area (Å²) in [5.74, 6) is 0.424. The molecule has 5 aromatic rings. The van der Waals surface area contributed by atoms with Gasteiger partial charge in [-0.2, -0.15) is 0 Å². The zero-order chi connectivity index (χ0) is 23.3. The van der Waals surface area contributed by atoms with E-state index in [1.165, 1.54) is 12.1 Å². The van der Waals surface area contributed by atoms with Crippen LogP contribution < -0.4 is 5.56 Å². The van der Waals surface area contributed by atoms with Crippen LogP contribution in [0.4, 0.5) is 4.39 Å². The monoisotopic (exact) mass is 442 g/mol. The van der Waals surface area contributed by atoms with Gasteiger partial charge in [0.2, 0.25) is 5.89 Å². The maximum atomic E-state index is 13.5. The molecule has 0 saturated heterocycles. The summed E-state index contributed by atoms with van der Waals surface area (Å²) in [5.41, 5.74) is 4.87. The number of hydrogen-bond acceptors (Lipinski definition) is 4. The molecule has 0 saturated carbocycles. The molecule has 0 radical (unpaired) electrons. The molecule has 0 fully saturated rings. The Labute approximate surface area is 189 Å². The van der Waals surface area contributed by atoms with Gasteiger partial charge in [0.25, 0.3) is 11.4 Å². The molecule has 0 bridgehead atoms. The molecule has 166 valence electrons. The van der Waals surface area contributed by atoms with Gasteiger partial charge >= 0.3 is 0 Å². The second kappa shape index (κ2) is 7.85. The van der Waals surface area contributed by atoms with Gasteiger partial charge in [-0.25, -0.2) is 4.39 Å². The van der Waals surface area contributed by atoms with Crippen LogP contribution in [0.2, 0.25) is 0 Å². The van der Waals surface area contributed by atoms with Gasteiger partial charge in [-0.3, -0.25) is 4.79 Å².